The van der Waals surface area contributed by atoms with Gasteiger partial charge in [-0.15, -0.1) is 0 Å². The maximum atomic E-state index is 12.9. The fourth-order valence-corrected chi connectivity index (χ4v) is 4.49. The van der Waals surface area contributed by atoms with Crippen LogP contribution in [0.5, 0.6) is 0 Å². The molecular formula is C19H23N3O. The maximum Gasteiger partial charge on any atom is 0.255 e. The first-order chi connectivity index (χ1) is 11.2. The Morgan fingerprint density at radius 2 is 1.87 bits per heavy atom. The van der Waals surface area contributed by atoms with Crippen molar-refractivity contribution in [1.29, 1.82) is 0 Å². The summed E-state index contributed by atoms with van der Waals surface area (Å²) in [5.41, 5.74) is 9.92. The second-order valence-corrected chi connectivity index (χ2v) is 6.97. The van der Waals surface area contributed by atoms with Crippen molar-refractivity contribution in [2.75, 3.05) is 0 Å². The molecule has 4 nitrogen and oxygen atoms in total. The molecule has 120 valence electrons. The van der Waals surface area contributed by atoms with Gasteiger partial charge in [-0.3, -0.25) is 4.79 Å². The second-order valence-electron chi connectivity index (χ2n) is 6.97. The third-order valence-electron chi connectivity index (χ3n) is 5.55. The van der Waals surface area contributed by atoms with Gasteiger partial charge in [0.25, 0.3) is 5.56 Å². The van der Waals surface area contributed by atoms with Crippen molar-refractivity contribution >= 4 is 0 Å². The summed E-state index contributed by atoms with van der Waals surface area (Å²) in [4.78, 5) is 20.5. The monoisotopic (exact) mass is 309 g/mol. The molecule has 1 aromatic carbocycles. The average molecular weight is 309 g/mol. The minimum atomic E-state index is -0.0477. The zero-order chi connectivity index (χ0) is 15.9. The second kappa shape index (κ2) is 5.60. The van der Waals surface area contributed by atoms with Crippen LogP contribution in [0.2, 0.25) is 0 Å². The number of hydrogen-bond donors (Lipinski definition) is 2. The summed E-state index contributed by atoms with van der Waals surface area (Å²) in [5.74, 6) is 0.578. The molecule has 0 amide bonds. The maximum absolute atomic E-state index is 12.9. The Balaban J connectivity index is 2.00. The van der Waals surface area contributed by atoms with E-state index in [9.17, 15) is 4.79 Å². The van der Waals surface area contributed by atoms with Gasteiger partial charge < -0.3 is 10.7 Å². The smallest absolute Gasteiger partial charge is 0.255 e. The van der Waals surface area contributed by atoms with Crippen LogP contribution in [0.1, 0.15) is 55.5 Å². The molecule has 4 rings (SSSR count). The molecule has 0 atom stereocenters. The third kappa shape index (κ3) is 2.32. The van der Waals surface area contributed by atoms with Gasteiger partial charge in [-0.25, -0.2) is 4.98 Å². The molecule has 1 spiro atoms. The Labute approximate surface area is 136 Å². The number of H-pyrrole nitrogens is 1. The van der Waals surface area contributed by atoms with E-state index < -0.39 is 0 Å². The predicted molar refractivity (Wildman–Crippen MR) is 91.3 cm³/mol. The van der Waals surface area contributed by atoms with Gasteiger partial charge in [-0.1, -0.05) is 49.9 Å². The van der Waals surface area contributed by atoms with Crippen molar-refractivity contribution in [2.24, 2.45) is 5.73 Å². The SMILES string of the molecule is NCc1nc2c(c(=O)[nH]1)C1(CCCCCC1)Cc1ccccc1-2. The Kier molecular flexibility index (Phi) is 3.57. The molecule has 4 heteroatoms. The quantitative estimate of drug-likeness (QED) is 0.850. The molecule has 23 heavy (non-hydrogen) atoms. The van der Waals surface area contributed by atoms with Crippen LogP contribution in [0.25, 0.3) is 11.3 Å². The van der Waals surface area contributed by atoms with E-state index in [1.807, 2.05) is 6.07 Å². The Morgan fingerprint density at radius 1 is 1.13 bits per heavy atom. The molecule has 0 bridgehead atoms. The fraction of sp³-hybridized carbons (Fsp3) is 0.474. The van der Waals surface area contributed by atoms with Gasteiger partial charge >= 0.3 is 0 Å². The van der Waals surface area contributed by atoms with E-state index in [4.69, 9.17) is 10.7 Å². The van der Waals surface area contributed by atoms with Crippen molar-refractivity contribution in [2.45, 2.75) is 56.9 Å². The van der Waals surface area contributed by atoms with Gasteiger partial charge in [0.2, 0.25) is 0 Å². The first kappa shape index (κ1) is 14.6. The first-order valence-corrected chi connectivity index (χ1v) is 8.65. The van der Waals surface area contributed by atoms with Gasteiger partial charge in [0.15, 0.2) is 0 Å². The van der Waals surface area contributed by atoms with Crippen LogP contribution in [-0.4, -0.2) is 9.97 Å². The number of nitrogens with two attached hydrogens (primary N) is 1. The van der Waals surface area contributed by atoms with E-state index in [0.717, 1.165) is 36.1 Å². The van der Waals surface area contributed by atoms with Crippen LogP contribution >= 0.6 is 0 Å². The number of hydrogen-bond acceptors (Lipinski definition) is 3. The highest BCUT2D eigenvalue weighted by Gasteiger charge is 2.41. The Morgan fingerprint density at radius 3 is 2.61 bits per heavy atom. The standard InChI is InChI=1S/C19H23N3O/c20-12-15-21-17-14-8-4-3-7-13(14)11-19(16(17)18(23)22-15)9-5-1-2-6-10-19/h3-4,7-8H,1-2,5-6,9-12,20H2,(H,21,22,23). The van der Waals surface area contributed by atoms with E-state index >= 15 is 0 Å². The van der Waals surface area contributed by atoms with Gasteiger partial charge in [-0.2, -0.15) is 0 Å². The summed E-state index contributed by atoms with van der Waals surface area (Å²) in [6.07, 6.45) is 8.06. The molecule has 2 aliphatic carbocycles. The van der Waals surface area contributed by atoms with Crippen molar-refractivity contribution in [3.05, 3.63) is 51.6 Å². The van der Waals surface area contributed by atoms with Crippen LogP contribution in [0.15, 0.2) is 29.1 Å². The van der Waals surface area contributed by atoms with E-state index in [-0.39, 0.29) is 17.5 Å². The van der Waals surface area contributed by atoms with E-state index in [1.54, 1.807) is 0 Å². The molecule has 1 heterocycles. The molecule has 0 saturated heterocycles. The topological polar surface area (TPSA) is 71.8 Å². The molecule has 2 aliphatic rings. The predicted octanol–water partition coefficient (Wildman–Crippen LogP) is 3.04. The van der Waals surface area contributed by atoms with Crippen molar-refractivity contribution in [3.63, 3.8) is 0 Å². The lowest BCUT2D eigenvalue weighted by molar-refractivity contribution is 0.359. The van der Waals surface area contributed by atoms with Crippen LogP contribution in [0.4, 0.5) is 0 Å². The number of fused-ring (bicyclic) bond motifs is 4. The minimum absolute atomic E-state index is 0.0202. The highest BCUT2D eigenvalue weighted by Crippen LogP contribution is 2.47. The van der Waals surface area contributed by atoms with Gasteiger partial charge in [-0.05, 0) is 24.8 Å². The van der Waals surface area contributed by atoms with E-state index in [2.05, 4.69) is 23.2 Å². The van der Waals surface area contributed by atoms with E-state index in [1.165, 1.54) is 31.2 Å². The van der Waals surface area contributed by atoms with Crippen molar-refractivity contribution in [1.82, 2.24) is 9.97 Å². The number of benzene rings is 1. The molecule has 0 unspecified atom stereocenters. The van der Waals surface area contributed by atoms with Crippen LogP contribution in [0.3, 0.4) is 0 Å². The summed E-state index contributed by atoms with van der Waals surface area (Å²) >= 11 is 0. The lowest BCUT2D eigenvalue weighted by atomic mass is 9.65. The Bertz CT molecular complexity index is 785. The van der Waals surface area contributed by atoms with Crippen molar-refractivity contribution in [3.8, 4) is 11.3 Å². The highest BCUT2D eigenvalue weighted by atomic mass is 16.1. The molecule has 1 aromatic heterocycles. The fourth-order valence-electron chi connectivity index (χ4n) is 4.49. The van der Waals surface area contributed by atoms with Gasteiger partial charge in [0.1, 0.15) is 5.82 Å². The number of aromatic amines is 1. The largest absolute Gasteiger partial charge is 0.324 e. The third-order valence-corrected chi connectivity index (χ3v) is 5.55. The van der Waals surface area contributed by atoms with Crippen LogP contribution < -0.4 is 11.3 Å². The summed E-state index contributed by atoms with van der Waals surface area (Å²) in [6.45, 7) is 0.262. The molecular weight excluding hydrogens is 286 g/mol. The molecule has 0 radical (unpaired) electrons. The Hall–Kier alpha value is -1.94. The number of rotatable bonds is 1. The summed E-state index contributed by atoms with van der Waals surface area (Å²) in [7, 11) is 0. The molecule has 3 N–H and O–H groups in total. The van der Waals surface area contributed by atoms with Gasteiger partial charge in [0.05, 0.1) is 17.8 Å². The normalized spacial score (nSPS) is 19.0. The van der Waals surface area contributed by atoms with E-state index in [0.29, 0.717) is 5.82 Å². The lowest BCUT2D eigenvalue weighted by Crippen LogP contribution is -2.39. The number of nitrogens with one attached hydrogen (secondary N) is 1. The summed E-state index contributed by atoms with van der Waals surface area (Å²) in [6, 6.07) is 8.39. The minimum Gasteiger partial charge on any atom is -0.324 e. The highest BCUT2D eigenvalue weighted by molar-refractivity contribution is 5.71. The molecule has 1 saturated carbocycles. The first-order valence-electron chi connectivity index (χ1n) is 8.65. The average Bonchev–Trinajstić information content (AvgIpc) is 2.80. The molecule has 1 fully saturated rings. The van der Waals surface area contributed by atoms with Crippen LogP contribution in [0, 0.1) is 0 Å². The molecule has 2 aromatic rings. The summed E-state index contributed by atoms with van der Waals surface area (Å²) in [5, 5.41) is 0. The van der Waals surface area contributed by atoms with Gasteiger partial charge in [0, 0.05) is 11.0 Å². The summed E-state index contributed by atoms with van der Waals surface area (Å²) < 4.78 is 0. The lowest BCUT2D eigenvalue weighted by Gasteiger charge is -2.38. The van der Waals surface area contributed by atoms with Crippen molar-refractivity contribution < 1.29 is 0 Å². The zero-order valence-corrected chi connectivity index (χ0v) is 13.4. The zero-order valence-electron chi connectivity index (χ0n) is 13.4. The number of nitrogens with zero attached hydrogens (tertiary/aromatic N) is 1. The van der Waals surface area contributed by atoms with Crippen LogP contribution in [-0.2, 0) is 18.4 Å². The number of aromatic nitrogens is 2. The molecule has 0 aliphatic heterocycles.